The van der Waals surface area contributed by atoms with E-state index < -0.39 is 37.8 Å². The van der Waals surface area contributed by atoms with Crippen molar-refractivity contribution in [1.29, 1.82) is 0 Å². The van der Waals surface area contributed by atoms with Gasteiger partial charge in [-0.15, -0.1) is 0 Å². The fourth-order valence-corrected chi connectivity index (χ4v) is 1.48. The predicted molar refractivity (Wildman–Crippen MR) is 38.6 cm³/mol. The minimum absolute atomic E-state index is 0. The second-order valence-corrected chi connectivity index (χ2v) is 5.19. The molecule has 1 atom stereocenters. The van der Waals surface area contributed by atoms with Crippen molar-refractivity contribution in [3.8, 4) is 0 Å². The Kier molecular flexibility index (Phi) is 7.00. The van der Waals surface area contributed by atoms with Gasteiger partial charge in [0.1, 0.15) is 0 Å². The maximum absolute atomic E-state index is 10.1. The van der Waals surface area contributed by atoms with Gasteiger partial charge >= 0.3 is 29.6 Å². The van der Waals surface area contributed by atoms with E-state index >= 15 is 0 Å². The third-order valence-electron chi connectivity index (χ3n) is 0.967. The zero-order valence-electron chi connectivity index (χ0n) is 6.78. The standard InChI is InChI=1S/C3H8O7S2.Na/c4-3(12(8,9)10)1-2-11(5,6)7;/h3-4H,1-2H2,(H,5,6,7)(H,8,9,10);/q;+1. The Balaban J connectivity index is 0. The van der Waals surface area contributed by atoms with Crippen LogP contribution in [0.4, 0.5) is 0 Å². The third-order valence-corrected chi connectivity index (χ3v) is 2.64. The molecule has 0 aliphatic carbocycles. The molecule has 3 N–H and O–H groups in total. The first-order valence-corrected chi connectivity index (χ1v) is 5.84. The van der Waals surface area contributed by atoms with Gasteiger partial charge in [0.15, 0.2) is 5.44 Å². The number of aliphatic hydroxyl groups excluding tert-OH is 1. The largest absolute Gasteiger partial charge is 1.00 e. The van der Waals surface area contributed by atoms with Crippen molar-refractivity contribution in [3.05, 3.63) is 0 Å². The van der Waals surface area contributed by atoms with Crippen LogP contribution in [-0.2, 0) is 20.2 Å². The predicted octanol–water partition coefficient (Wildman–Crippen LogP) is -4.53. The van der Waals surface area contributed by atoms with E-state index in [0.29, 0.717) is 0 Å². The van der Waals surface area contributed by atoms with E-state index in [1.807, 2.05) is 0 Å². The summed E-state index contributed by atoms with van der Waals surface area (Å²) in [6.07, 6.45) is -0.766. The van der Waals surface area contributed by atoms with Crippen LogP contribution in [-0.4, -0.2) is 42.2 Å². The van der Waals surface area contributed by atoms with E-state index in [1.165, 1.54) is 0 Å². The van der Waals surface area contributed by atoms with E-state index in [0.717, 1.165) is 0 Å². The van der Waals surface area contributed by atoms with Gasteiger partial charge in [-0.05, 0) is 0 Å². The molecule has 0 saturated heterocycles. The Bertz CT molecular complexity index is 329. The Morgan fingerprint density at radius 1 is 1.08 bits per heavy atom. The maximum Gasteiger partial charge on any atom is 1.00 e. The fourth-order valence-electron chi connectivity index (χ4n) is 0.399. The van der Waals surface area contributed by atoms with Crippen LogP contribution in [0, 0.1) is 0 Å². The van der Waals surface area contributed by atoms with Gasteiger partial charge in [-0.3, -0.25) is 9.11 Å². The van der Waals surface area contributed by atoms with Gasteiger partial charge in [0, 0.05) is 6.42 Å². The minimum Gasteiger partial charge on any atom is -0.375 e. The van der Waals surface area contributed by atoms with Crippen molar-refractivity contribution in [2.45, 2.75) is 11.9 Å². The van der Waals surface area contributed by atoms with Crippen LogP contribution in [0.2, 0.25) is 0 Å². The van der Waals surface area contributed by atoms with Crippen molar-refractivity contribution < 1.29 is 60.6 Å². The topological polar surface area (TPSA) is 129 Å². The molecule has 0 aromatic rings. The summed E-state index contributed by atoms with van der Waals surface area (Å²) in [6, 6.07) is 0. The van der Waals surface area contributed by atoms with Gasteiger partial charge < -0.3 is 5.11 Å². The monoisotopic (exact) mass is 243 g/mol. The van der Waals surface area contributed by atoms with Crippen molar-refractivity contribution >= 4 is 20.2 Å². The molecular weight excluding hydrogens is 235 g/mol. The maximum atomic E-state index is 10.1. The van der Waals surface area contributed by atoms with E-state index in [2.05, 4.69) is 0 Å². The van der Waals surface area contributed by atoms with Gasteiger partial charge in [0.05, 0.1) is 5.75 Å². The summed E-state index contributed by atoms with van der Waals surface area (Å²) in [7, 11) is -8.96. The van der Waals surface area contributed by atoms with Gasteiger partial charge in [0.2, 0.25) is 0 Å². The molecule has 0 aliphatic rings. The summed E-state index contributed by atoms with van der Waals surface area (Å²) in [4.78, 5) is 0. The van der Waals surface area contributed by atoms with Crippen LogP contribution in [0.3, 0.4) is 0 Å². The van der Waals surface area contributed by atoms with Gasteiger partial charge in [-0.2, -0.15) is 16.8 Å². The van der Waals surface area contributed by atoms with Crippen molar-refractivity contribution in [3.63, 3.8) is 0 Å². The molecule has 13 heavy (non-hydrogen) atoms. The molecule has 0 rings (SSSR count). The second kappa shape index (κ2) is 5.61. The van der Waals surface area contributed by atoms with Crippen LogP contribution < -0.4 is 29.6 Å². The molecule has 10 heteroatoms. The molecule has 0 aromatic heterocycles. The summed E-state index contributed by atoms with van der Waals surface area (Å²) >= 11 is 0. The van der Waals surface area contributed by atoms with Crippen LogP contribution in [0.15, 0.2) is 0 Å². The van der Waals surface area contributed by atoms with Gasteiger partial charge in [0.25, 0.3) is 20.2 Å². The van der Waals surface area contributed by atoms with Crippen LogP contribution in [0.25, 0.3) is 0 Å². The number of aliphatic hydroxyl groups is 1. The Labute approximate surface area is 97.9 Å². The van der Waals surface area contributed by atoms with E-state index in [-0.39, 0.29) is 29.6 Å². The first-order chi connectivity index (χ1) is 5.13. The smallest absolute Gasteiger partial charge is 0.375 e. The molecule has 0 aromatic carbocycles. The van der Waals surface area contributed by atoms with Gasteiger partial charge in [-0.1, -0.05) is 0 Å². The van der Waals surface area contributed by atoms with Crippen LogP contribution in [0.5, 0.6) is 0 Å². The summed E-state index contributed by atoms with van der Waals surface area (Å²) in [5.41, 5.74) is -2.18. The fraction of sp³-hybridized carbons (Fsp3) is 1.00. The zero-order chi connectivity index (χ0) is 9.99. The summed E-state index contributed by atoms with van der Waals surface area (Å²) in [5.74, 6) is -0.923. The average Bonchev–Trinajstić information content (AvgIpc) is 1.78. The van der Waals surface area contributed by atoms with E-state index in [4.69, 9.17) is 14.2 Å². The zero-order valence-corrected chi connectivity index (χ0v) is 10.4. The molecule has 7 nitrogen and oxygen atoms in total. The van der Waals surface area contributed by atoms with Crippen LogP contribution in [0.1, 0.15) is 6.42 Å². The Morgan fingerprint density at radius 2 is 1.46 bits per heavy atom. The van der Waals surface area contributed by atoms with Crippen LogP contribution >= 0.6 is 0 Å². The molecule has 74 valence electrons. The molecule has 0 bridgehead atoms. The second-order valence-electron chi connectivity index (χ2n) is 2.04. The molecule has 0 radical (unpaired) electrons. The molecule has 0 aliphatic heterocycles. The molecular formula is C3H8NaO7S2+. The number of hydrogen-bond donors (Lipinski definition) is 3. The molecule has 0 saturated carbocycles. The summed E-state index contributed by atoms with van der Waals surface area (Å²) < 4.78 is 56.5. The van der Waals surface area contributed by atoms with Gasteiger partial charge in [-0.25, -0.2) is 0 Å². The number of rotatable bonds is 4. The molecule has 0 amide bonds. The SMILES string of the molecule is O=S(=O)(O)CCC(O)S(=O)(=O)O.[Na+]. The minimum atomic E-state index is -4.65. The Hall–Kier alpha value is 0.780. The molecule has 0 spiro atoms. The normalized spacial score (nSPS) is 14.7. The van der Waals surface area contributed by atoms with Crippen molar-refractivity contribution in [1.82, 2.24) is 0 Å². The first kappa shape index (κ1) is 16.2. The summed E-state index contributed by atoms with van der Waals surface area (Å²) in [6.45, 7) is 0. The third kappa shape index (κ3) is 9.09. The van der Waals surface area contributed by atoms with Crippen molar-refractivity contribution in [2.24, 2.45) is 0 Å². The van der Waals surface area contributed by atoms with E-state index in [9.17, 15) is 16.8 Å². The number of hydrogen-bond acceptors (Lipinski definition) is 5. The summed E-state index contributed by atoms with van der Waals surface area (Å²) in [5, 5.41) is 8.54. The molecule has 1 unspecified atom stereocenters. The molecule has 0 heterocycles. The quantitative estimate of drug-likeness (QED) is 0.335. The Morgan fingerprint density at radius 3 is 1.69 bits per heavy atom. The first-order valence-electron chi connectivity index (χ1n) is 2.72. The average molecular weight is 243 g/mol. The van der Waals surface area contributed by atoms with E-state index in [1.54, 1.807) is 0 Å². The molecule has 0 fully saturated rings. The van der Waals surface area contributed by atoms with Crippen molar-refractivity contribution in [2.75, 3.05) is 5.75 Å².